The number of halogens is 2. The summed E-state index contributed by atoms with van der Waals surface area (Å²) in [7, 11) is -3.96. The van der Waals surface area contributed by atoms with Crippen molar-refractivity contribution in [3.63, 3.8) is 0 Å². The summed E-state index contributed by atoms with van der Waals surface area (Å²) >= 11 is 0. The Morgan fingerprint density at radius 3 is 2.21 bits per heavy atom. The molecule has 2 atom stereocenters. The van der Waals surface area contributed by atoms with E-state index in [2.05, 4.69) is 5.32 Å². The van der Waals surface area contributed by atoms with Gasteiger partial charge in [0.15, 0.2) is 0 Å². The van der Waals surface area contributed by atoms with Crippen LogP contribution < -0.4 is 5.32 Å². The molecule has 0 radical (unpaired) electrons. The zero-order chi connectivity index (χ0) is 20.6. The molecule has 2 aliphatic heterocycles. The number of hydrogen-bond donors (Lipinski definition) is 1. The number of nitrogens with zero attached hydrogens (tertiary/aromatic N) is 1. The number of sulfonamides is 1. The molecule has 0 aliphatic carbocycles. The molecule has 1 amide bonds. The predicted octanol–water partition coefficient (Wildman–Crippen LogP) is 3.47. The molecule has 0 saturated carbocycles. The Morgan fingerprint density at radius 2 is 1.59 bits per heavy atom. The maximum atomic E-state index is 14.2. The molecule has 1 N–H and O–H groups in total. The van der Waals surface area contributed by atoms with Gasteiger partial charge < -0.3 is 5.32 Å². The molecule has 0 unspecified atom stereocenters. The van der Waals surface area contributed by atoms with Crippen molar-refractivity contribution < 1.29 is 22.0 Å². The minimum Gasteiger partial charge on any atom is -0.349 e. The number of nitrogens with one attached hydrogen (secondary N) is 1. The number of carbonyl (C=O) groups excluding carboxylic acids is 1. The highest BCUT2D eigenvalue weighted by Crippen LogP contribution is 2.38. The molecule has 2 fully saturated rings. The quantitative estimate of drug-likeness (QED) is 0.824. The first-order valence-corrected chi connectivity index (χ1v) is 11.1. The minimum atomic E-state index is -3.96. The van der Waals surface area contributed by atoms with Crippen molar-refractivity contribution in [2.75, 3.05) is 0 Å². The molecule has 2 aromatic rings. The second-order valence-electron chi connectivity index (χ2n) is 7.65. The molecule has 2 bridgehead atoms. The van der Waals surface area contributed by atoms with Crippen molar-refractivity contribution in [3.05, 3.63) is 65.7 Å². The van der Waals surface area contributed by atoms with Gasteiger partial charge in [0.1, 0.15) is 16.5 Å². The molecule has 4 rings (SSSR count). The van der Waals surface area contributed by atoms with E-state index in [0.29, 0.717) is 31.2 Å². The first-order valence-electron chi connectivity index (χ1n) is 9.71. The average Bonchev–Trinajstić information content (AvgIpc) is 2.68. The van der Waals surface area contributed by atoms with Crippen molar-refractivity contribution in [1.29, 1.82) is 0 Å². The van der Waals surface area contributed by atoms with Gasteiger partial charge in [-0.25, -0.2) is 17.2 Å². The molecular formula is C21H22F2N2O3S. The maximum absolute atomic E-state index is 14.2. The molecule has 2 heterocycles. The number of carbonyl (C=O) groups is 1. The van der Waals surface area contributed by atoms with Gasteiger partial charge in [-0.2, -0.15) is 4.31 Å². The SMILES string of the molecule is O=C(NC1C[C@H]2CCC[C@H](C1)N2S(=O)(=O)c1ccccc1F)c1ccc(F)cc1. The maximum Gasteiger partial charge on any atom is 0.251 e. The van der Waals surface area contributed by atoms with Crippen LogP contribution in [0.3, 0.4) is 0 Å². The number of amides is 1. The highest BCUT2D eigenvalue weighted by molar-refractivity contribution is 7.89. The predicted molar refractivity (Wildman–Crippen MR) is 104 cm³/mol. The van der Waals surface area contributed by atoms with E-state index >= 15 is 0 Å². The molecule has 154 valence electrons. The lowest BCUT2D eigenvalue weighted by Gasteiger charge is -2.47. The normalized spacial score (nSPS) is 24.8. The summed E-state index contributed by atoms with van der Waals surface area (Å²) in [6, 6.07) is 9.97. The van der Waals surface area contributed by atoms with E-state index < -0.39 is 21.7 Å². The van der Waals surface area contributed by atoms with Gasteiger partial charge in [-0.3, -0.25) is 4.79 Å². The fraction of sp³-hybridized carbons (Fsp3) is 0.381. The van der Waals surface area contributed by atoms with Crippen molar-refractivity contribution in [1.82, 2.24) is 9.62 Å². The molecule has 29 heavy (non-hydrogen) atoms. The minimum absolute atomic E-state index is 0.185. The Balaban J connectivity index is 1.53. The third kappa shape index (κ3) is 3.91. The summed E-state index contributed by atoms with van der Waals surface area (Å²) in [6.07, 6.45) is 3.19. The number of benzene rings is 2. The summed E-state index contributed by atoms with van der Waals surface area (Å²) in [5.74, 6) is -1.47. The van der Waals surface area contributed by atoms with Gasteiger partial charge in [0, 0.05) is 23.7 Å². The van der Waals surface area contributed by atoms with Crippen LogP contribution in [0.5, 0.6) is 0 Å². The molecule has 2 saturated heterocycles. The summed E-state index contributed by atoms with van der Waals surface area (Å²) in [5.41, 5.74) is 0.359. The Bertz CT molecular complexity index is 997. The Labute approximate surface area is 168 Å². The van der Waals surface area contributed by atoms with E-state index in [4.69, 9.17) is 0 Å². The third-order valence-electron chi connectivity index (χ3n) is 5.74. The summed E-state index contributed by atoms with van der Waals surface area (Å²) in [4.78, 5) is 12.2. The summed E-state index contributed by atoms with van der Waals surface area (Å²) in [6.45, 7) is 0. The highest BCUT2D eigenvalue weighted by Gasteiger charge is 2.45. The molecule has 2 aliphatic rings. The van der Waals surface area contributed by atoms with Crippen LogP contribution in [0.25, 0.3) is 0 Å². The second kappa shape index (κ2) is 7.84. The van der Waals surface area contributed by atoms with Gasteiger partial charge in [0.25, 0.3) is 5.91 Å². The van der Waals surface area contributed by atoms with Gasteiger partial charge in [0.05, 0.1) is 0 Å². The second-order valence-corrected chi connectivity index (χ2v) is 9.46. The largest absolute Gasteiger partial charge is 0.349 e. The zero-order valence-electron chi connectivity index (χ0n) is 15.7. The molecule has 2 aromatic carbocycles. The van der Waals surface area contributed by atoms with Gasteiger partial charge in [-0.05, 0) is 62.1 Å². The number of rotatable bonds is 4. The number of piperidine rings is 2. The lowest BCUT2D eigenvalue weighted by atomic mass is 9.84. The molecule has 5 nitrogen and oxygen atoms in total. The Morgan fingerprint density at radius 1 is 0.966 bits per heavy atom. The van der Waals surface area contributed by atoms with Crippen molar-refractivity contribution in [2.24, 2.45) is 0 Å². The standard InChI is InChI=1S/C21H22F2N2O3S/c22-15-10-8-14(9-11-15)21(26)24-16-12-17-4-3-5-18(13-16)25(17)29(27,28)20-7-2-1-6-19(20)23/h1-2,6-11,16-18H,3-5,12-13H2,(H,24,26)/t17-,18-/m1/s1. The molecule has 8 heteroatoms. The summed E-state index contributed by atoms with van der Waals surface area (Å²) < 4.78 is 55.0. The van der Waals surface area contributed by atoms with Crippen molar-refractivity contribution in [2.45, 2.75) is 55.1 Å². The van der Waals surface area contributed by atoms with E-state index in [-0.39, 0.29) is 28.9 Å². The average molecular weight is 420 g/mol. The van der Waals surface area contributed by atoms with Gasteiger partial charge in [0.2, 0.25) is 10.0 Å². The van der Waals surface area contributed by atoms with Crippen LogP contribution in [0.15, 0.2) is 53.4 Å². The van der Waals surface area contributed by atoms with Gasteiger partial charge >= 0.3 is 0 Å². The highest BCUT2D eigenvalue weighted by atomic mass is 32.2. The Hall–Kier alpha value is -2.32. The molecule has 0 spiro atoms. The first-order chi connectivity index (χ1) is 13.9. The van der Waals surface area contributed by atoms with Crippen LogP contribution in [0.2, 0.25) is 0 Å². The van der Waals surface area contributed by atoms with Crippen LogP contribution >= 0.6 is 0 Å². The fourth-order valence-electron chi connectivity index (χ4n) is 4.49. The lowest BCUT2D eigenvalue weighted by molar-refractivity contribution is 0.0796. The van der Waals surface area contributed by atoms with Crippen LogP contribution in [0.4, 0.5) is 8.78 Å². The van der Waals surface area contributed by atoms with E-state index in [9.17, 15) is 22.0 Å². The first kappa shape index (κ1) is 20.0. The zero-order valence-corrected chi connectivity index (χ0v) is 16.5. The van der Waals surface area contributed by atoms with E-state index in [1.54, 1.807) is 0 Å². The number of fused-ring (bicyclic) bond motifs is 2. The van der Waals surface area contributed by atoms with E-state index in [0.717, 1.165) is 12.5 Å². The fourth-order valence-corrected chi connectivity index (χ4v) is 6.45. The Kier molecular flexibility index (Phi) is 5.40. The van der Waals surface area contributed by atoms with Crippen LogP contribution in [0.1, 0.15) is 42.5 Å². The van der Waals surface area contributed by atoms with E-state index in [1.165, 1.54) is 46.8 Å². The summed E-state index contributed by atoms with van der Waals surface area (Å²) in [5, 5.41) is 2.95. The van der Waals surface area contributed by atoms with Crippen LogP contribution in [-0.4, -0.2) is 36.8 Å². The van der Waals surface area contributed by atoms with Crippen molar-refractivity contribution in [3.8, 4) is 0 Å². The smallest absolute Gasteiger partial charge is 0.251 e. The van der Waals surface area contributed by atoms with E-state index in [1.807, 2.05) is 0 Å². The van der Waals surface area contributed by atoms with Crippen LogP contribution in [0, 0.1) is 11.6 Å². The van der Waals surface area contributed by atoms with Gasteiger partial charge in [-0.15, -0.1) is 0 Å². The molecule has 0 aromatic heterocycles. The number of hydrogen-bond acceptors (Lipinski definition) is 3. The lowest BCUT2D eigenvalue weighted by Crippen LogP contribution is -2.58. The molecular weight excluding hydrogens is 398 g/mol. The monoisotopic (exact) mass is 420 g/mol. The van der Waals surface area contributed by atoms with Crippen molar-refractivity contribution >= 4 is 15.9 Å². The van der Waals surface area contributed by atoms with Crippen LogP contribution in [-0.2, 0) is 10.0 Å². The third-order valence-corrected chi connectivity index (χ3v) is 7.78. The van der Waals surface area contributed by atoms with Gasteiger partial charge in [-0.1, -0.05) is 18.6 Å². The topological polar surface area (TPSA) is 66.5 Å².